The number of likely N-dealkylation sites (tertiary alicyclic amines) is 1. The molecule has 1 aliphatic heterocycles. The molecule has 30 heavy (non-hydrogen) atoms. The van der Waals surface area contributed by atoms with E-state index < -0.39 is 0 Å². The van der Waals surface area contributed by atoms with Crippen LogP contribution in [0.3, 0.4) is 0 Å². The highest BCUT2D eigenvalue weighted by Crippen LogP contribution is 2.28. The predicted molar refractivity (Wildman–Crippen MR) is 113 cm³/mol. The largest absolute Gasteiger partial charge is 0.495 e. The molecule has 0 radical (unpaired) electrons. The summed E-state index contributed by atoms with van der Waals surface area (Å²) < 4.78 is 16.5. The zero-order valence-corrected chi connectivity index (χ0v) is 17.7. The third-order valence-electron chi connectivity index (χ3n) is 5.16. The number of nitrogens with zero attached hydrogens (tertiary/aromatic N) is 4. The highest BCUT2D eigenvalue weighted by atomic mass is 16.5. The van der Waals surface area contributed by atoms with Crippen LogP contribution in [0.2, 0.25) is 0 Å². The number of benzene rings is 1. The molecule has 1 fully saturated rings. The van der Waals surface area contributed by atoms with Gasteiger partial charge in [0.05, 0.1) is 19.9 Å². The molecule has 0 spiro atoms. The van der Waals surface area contributed by atoms with E-state index in [4.69, 9.17) is 14.0 Å². The van der Waals surface area contributed by atoms with Crippen molar-refractivity contribution in [2.45, 2.75) is 32.7 Å². The molecule has 4 rings (SSSR count). The molecule has 158 valence electrons. The van der Waals surface area contributed by atoms with Crippen LogP contribution in [0, 0.1) is 5.92 Å². The first kappa shape index (κ1) is 20.3. The summed E-state index contributed by atoms with van der Waals surface area (Å²) in [7, 11) is 1.61. The molecule has 0 N–H and O–H groups in total. The molecule has 1 atom stereocenters. The van der Waals surface area contributed by atoms with E-state index in [1.807, 2.05) is 18.2 Å². The fourth-order valence-electron chi connectivity index (χ4n) is 3.57. The summed E-state index contributed by atoms with van der Waals surface area (Å²) in [5.41, 5.74) is 1.91. The van der Waals surface area contributed by atoms with Crippen LogP contribution in [0.5, 0.6) is 11.5 Å². The van der Waals surface area contributed by atoms with Crippen molar-refractivity contribution in [2.75, 3.05) is 26.8 Å². The smallest absolute Gasteiger partial charge is 0.276 e. The second-order valence-electron chi connectivity index (χ2n) is 8.11. The molecule has 7 heteroatoms. The Morgan fingerprint density at radius 1 is 1.20 bits per heavy atom. The summed E-state index contributed by atoms with van der Waals surface area (Å²) in [5, 5.41) is 4.21. The standard InChI is InChI=1S/C23H28N4O3/c1-16(2)15-29-19-6-4-5-17(11-19)13-27-10-9-18(14-27)22-25-23(30-26-22)21-8-7-20(28-3)12-24-21/h4-8,11-12,16,18H,9-10,13-15H2,1-3H3. The van der Waals surface area contributed by atoms with Gasteiger partial charge in [0.15, 0.2) is 5.82 Å². The van der Waals surface area contributed by atoms with Crippen molar-refractivity contribution in [1.82, 2.24) is 20.0 Å². The van der Waals surface area contributed by atoms with Crippen LogP contribution in [0.25, 0.3) is 11.6 Å². The second-order valence-corrected chi connectivity index (χ2v) is 8.11. The average Bonchev–Trinajstić information content (AvgIpc) is 3.42. The lowest BCUT2D eigenvalue weighted by Crippen LogP contribution is -2.20. The highest BCUT2D eigenvalue weighted by molar-refractivity contribution is 5.47. The number of hydrogen-bond acceptors (Lipinski definition) is 7. The van der Waals surface area contributed by atoms with Gasteiger partial charge in [0.1, 0.15) is 17.2 Å². The van der Waals surface area contributed by atoms with Crippen LogP contribution in [0.1, 0.15) is 37.6 Å². The van der Waals surface area contributed by atoms with Crippen LogP contribution < -0.4 is 9.47 Å². The zero-order chi connectivity index (χ0) is 20.9. The molecule has 7 nitrogen and oxygen atoms in total. The van der Waals surface area contributed by atoms with E-state index in [2.05, 4.69) is 52.1 Å². The molecule has 0 bridgehead atoms. The molecule has 1 aromatic carbocycles. The van der Waals surface area contributed by atoms with Crippen LogP contribution in [-0.2, 0) is 6.54 Å². The summed E-state index contributed by atoms with van der Waals surface area (Å²) in [6.07, 6.45) is 2.66. The fraction of sp³-hybridized carbons (Fsp3) is 0.435. The van der Waals surface area contributed by atoms with Gasteiger partial charge < -0.3 is 14.0 Å². The van der Waals surface area contributed by atoms with Gasteiger partial charge in [-0.2, -0.15) is 4.98 Å². The lowest BCUT2D eigenvalue weighted by Gasteiger charge is -2.16. The molecule has 3 aromatic rings. The molecule has 0 saturated carbocycles. The molecular weight excluding hydrogens is 380 g/mol. The summed E-state index contributed by atoms with van der Waals surface area (Å²) in [4.78, 5) is 11.3. The number of hydrogen-bond donors (Lipinski definition) is 0. The Hall–Kier alpha value is -2.93. The van der Waals surface area contributed by atoms with Gasteiger partial charge in [-0.05, 0) is 48.7 Å². The molecular formula is C23H28N4O3. The maximum Gasteiger partial charge on any atom is 0.276 e. The Bertz CT molecular complexity index is 955. The van der Waals surface area contributed by atoms with Crippen molar-refractivity contribution >= 4 is 0 Å². The van der Waals surface area contributed by atoms with Crippen molar-refractivity contribution in [2.24, 2.45) is 5.92 Å². The average molecular weight is 409 g/mol. The number of pyridine rings is 1. The third kappa shape index (κ3) is 4.97. The Kier molecular flexibility index (Phi) is 6.28. The third-order valence-corrected chi connectivity index (χ3v) is 5.16. The second kappa shape index (κ2) is 9.26. The first-order chi connectivity index (χ1) is 14.6. The van der Waals surface area contributed by atoms with Crippen molar-refractivity contribution in [3.05, 3.63) is 54.0 Å². The molecule has 2 aromatic heterocycles. The minimum atomic E-state index is 0.265. The normalized spacial score (nSPS) is 16.9. The van der Waals surface area contributed by atoms with Crippen molar-refractivity contribution in [1.29, 1.82) is 0 Å². The van der Waals surface area contributed by atoms with E-state index in [9.17, 15) is 0 Å². The van der Waals surface area contributed by atoms with Gasteiger partial charge in [0.25, 0.3) is 5.89 Å². The van der Waals surface area contributed by atoms with Crippen molar-refractivity contribution in [3.8, 4) is 23.1 Å². The van der Waals surface area contributed by atoms with Crippen LogP contribution >= 0.6 is 0 Å². The number of methoxy groups -OCH3 is 1. The minimum Gasteiger partial charge on any atom is -0.495 e. The topological polar surface area (TPSA) is 73.5 Å². The van der Waals surface area contributed by atoms with Crippen LogP contribution in [0.15, 0.2) is 47.1 Å². The zero-order valence-electron chi connectivity index (χ0n) is 17.7. The maximum absolute atomic E-state index is 5.86. The van der Waals surface area contributed by atoms with Crippen molar-refractivity contribution < 1.29 is 14.0 Å². The van der Waals surface area contributed by atoms with E-state index in [0.29, 0.717) is 23.3 Å². The number of ether oxygens (including phenoxy) is 2. The van der Waals surface area contributed by atoms with Gasteiger partial charge in [-0.1, -0.05) is 31.1 Å². The lowest BCUT2D eigenvalue weighted by molar-refractivity contribution is 0.270. The van der Waals surface area contributed by atoms with E-state index in [1.165, 1.54) is 5.56 Å². The van der Waals surface area contributed by atoms with E-state index in [1.54, 1.807) is 13.3 Å². The Labute approximate surface area is 177 Å². The molecule has 1 aliphatic rings. The van der Waals surface area contributed by atoms with Gasteiger partial charge in [-0.3, -0.25) is 4.90 Å². The molecule has 0 amide bonds. The number of rotatable bonds is 8. The van der Waals surface area contributed by atoms with E-state index >= 15 is 0 Å². The molecule has 0 aliphatic carbocycles. The van der Waals surface area contributed by atoms with Gasteiger partial charge in [-0.25, -0.2) is 4.98 Å². The van der Waals surface area contributed by atoms with Crippen LogP contribution in [-0.4, -0.2) is 46.8 Å². The maximum atomic E-state index is 5.86. The van der Waals surface area contributed by atoms with Gasteiger partial charge >= 0.3 is 0 Å². The van der Waals surface area contributed by atoms with E-state index in [0.717, 1.165) is 44.2 Å². The molecule has 3 heterocycles. The van der Waals surface area contributed by atoms with Crippen LogP contribution in [0.4, 0.5) is 0 Å². The summed E-state index contributed by atoms with van der Waals surface area (Å²) in [6, 6.07) is 12.0. The highest BCUT2D eigenvalue weighted by Gasteiger charge is 2.28. The first-order valence-electron chi connectivity index (χ1n) is 10.4. The summed E-state index contributed by atoms with van der Waals surface area (Å²) >= 11 is 0. The van der Waals surface area contributed by atoms with Gasteiger partial charge in [-0.15, -0.1) is 0 Å². The van der Waals surface area contributed by atoms with Gasteiger partial charge in [0.2, 0.25) is 0 Å². The SMILES string of the molecule is COc1ccc(-c2nc(C3CCN(Cc4cccc(OCC(C)C)c4)C3)no2)nc1. The Morgan fingerprint density at radius 3 is 2.87 bits per heavy atom. The predicted octanol–water partition coefficient (Wildman–Crippen LogP) is 4.16. The summed E-state index contributed by atoms with van der Waals surface area (Å²) in [5.74, 6) is 3.61. The van der Waals surface area contributed by atoms with E-state index in [-0.39, 0.29) is 5.92 Å². The molecule has 1 saturated heterocycles. The monoisotopic (exact) mass is 408 g/mol. The summed E-state index contributed by atoms with van der Waals surface area (Å²) in [6.45, 7) is 7.85. The van der Waals surface area contributed by atoms with Gasteiger partial charge in [0, 0.05) is 19.0 Å². The van der Waals surface area contributed by atoms with Crippen molar-refractivity contribution in [3.63, 3.8) is 0 Å². The first-order valence-corrected chi connectivity index (χ1v) is 10.4. The fourth-order valence-corrected chi connectivity index (χ4v) is 3.57. The Balaban J connectivity index is 1.36. The molecule has 1 unspecified atom stereocenters. The quantitative estimate of drug-likeness (QED) is 0.554. The minimum absolute atomic E-state index is 0.265. The lowest BCUT2D eigenvalue weighted by atomic mass is 10.1. The number of aromatic nitrogens is 3. The Morgan fingerprint density at radius 2 is 2.10 bits per heavy atom.